The summed E-state index contributed by atoms with van der Waals surface area (Å²) < 4.78 is 13.6. The van der Waals surface area contributed by atoms with E-state index in [-0.39, 0.29) is 17.7 Å². The highest BCUT2D eigenvalue weighted by Crippen LogP contribution is 2.39. The third kappa shape index (κ3) is 2.73. The largest absolute Gasteiger partial charge is 0.491 e. The lowest BCUT2D eigenvalue weighted by molar-refractivity contribution is -0.0164. The molecule has 28 heavy (non-hydrogen) atoms. The number of rotatable bonds is 2. The number of ether oxygens (including phenoxy) is 2. The summed E-state index contributed by atoms with van der Waals surface area (Å²) in [6, 6.07) is 11.1. The summed E-state index contributed by atoms with van der Waals surface area (Å²) in [6.07, 6.45) is 2.96. The maximum Gasteiger partial charge on any atom is 0.255 e. The van der Waals surface area contributed by atoms with Gasteiger partial charge >= 0.3 is 0 Å². The van der Waals surface area contributed by atoms with Crippen molar-refractivity contribution >= 4 is 5.95 Å². The van der Waals surface area contributed by atoms with Crippen molar-refractivity contribution in [3.05, 3.63) is 64.8 Å². The number of benzene rings is 1. The number of morpholine rings is 1. The summed E-state index contributed by atoms with van der Waals surface area (Å²) >= 11 is 0. The van der Waals surface area contributed by atoms with Crippen LogP contribution < -0.4 is 15.2 Å². The van der Waals surface area contributed by atoms with E-state index in [1.54, 1.807) is 23.9 Å². The lowest BCUT2D eigenvalue weighted by Gasteiger charge is -2.44. The third-order valence-corrected chi connectivity index (χ3v) is 5.23. The Kier molecular flexibility index (Phi) is 4.05. The Hall–Kier alpha value is -3.26. The molecule has 4 heterocycles. The molecule has 0 spiro atoms. The van der Waals surface area contributed by atoms with Crippen LogP contribution >= 0.6 is 0 Å². The van der Waals surface area contributed by atoms with Crippen molar-refractivity contribution in [2.75, 3.05) is 24.7 Å². The van der Waals surface area contributed by atoms with Gasteiger partial charge in [0.15, 0.2) is 0 Å². The minimum absolute atomic E-state index is 0.0672. The quantitative estimate of drug-likeness (QED) is 0.670. The molecule has 0 radical (unpaired) electrons. The van der Waals surface area contributed by atoms with Crippen molar-refractivity contribution in [1.29, 1.82) is 0 Å². The van der Waals surface area contributed by atoms with Crippen LogP contribution in [0.25, 0.3) is 11.4 Å². The highest BCUT2D eigenvalue weighted by Gasteiger charge is 2.40. The molecule has 2 atom stereocenters. The fraction of sp³-hybridized carbons (Fsp3) is 0.300. The maximum atomic E-state index is 12.6. The molecule has 2 aromatic heterocycles. The highest BCUT2D eigenvalue weighted by atomic mass is 16.5. The van der Waals surface area contributed by atoms with Crippen LogP contribution in [0.3, 0.4) is 0 Å². The normalized spacial score (nSPS) is 20.8. The Morgan fingerprint density at radius 2 is 2.07 bits per heavy atom. The molecule has 2 aliphatic heterocycles. The van der Waals surface area contributed by atoms with E-state index in [0.29, 0.717) is 37.1 Å². The summed E-state index contributed by atoms with van der Waals surface area (Å²) in [5, 5.41) is 0. The zero-order valence-corrected chi connectivity index (χ0v) is 15.4. The van der Waals surface area contributed by atoms with Gasteiger partial charge in [0.2, 0.25) is 5.95 Å². The smallest absolute Gasteiger partial charge is 0.255 e. The van der Waals surface area contributed by atoms with Crippen LogP contribution in [0.2, 0.25) is 0 Å². The van der Waals surface area contributed by atoms with Gasteiger partial charge in [-0.3, -0.25) is 9.36 Å². The van der Waals surface area contributed by atoms with Gasteiger partial charge in [-0.05, 0) is 12.1 Å². The number of anilines is 1. The van der Waals surface area contributed by atoms with Crippen molar-refractivity contribution in [2.24, 2.45) is 7.05 Å². The monoisotopic (exact) mass is 377 g/mol. The van der Waals surface area contributed by atoms with Crippen molar-refractivity contribution < 1.29 is 9.47 Å². The van der Waals surface area contributed by atoms with Gasteiger partial charge in [-0.25, -0.2) is 15.0 Å². The van der Waals surface area contributed by atoms with Gasteiger partial charge in [0.25, 0.3) is 5.56 Å². The fourth-order valence-electron chi connectivity index (χ4n) is 3.82. The lowest BCUT2D eigenvalue weighted by Crippen LogP contribution is -2.53. The first-order chi connectivity index (χ1) is 13.7. The lowest BCUT2D eigenvalue weighted by atomic mass is 9.96. The summed E-state index contributed by atoms with van der Waals surface area (Å²) in [5.74, 6) is 1.43. The SMILES string of the molecule is Cn1c(N2CCO[C@H]3c4ccccc4OC[C@H]32)nc(-c2ccncn2)cc1=O. The van der Waals surface area contributed by atoms with Crippen LogP contribution in [0, 0.1) is 0 Å². The van der Waals surface area contributed by atoms with Crippen LogP contribution in [0.5, 0.6) is 5.75 Å². The molecule has 0 unspecified atom stereocenters. The number of hydrogen-bond donors (Lipinski definition) is 0. The van der Waals surface area contributed by atoms with Crippen molar-refractivity contribution in [2.45, 2.75) is 12.1 Å². The number of aromatic nitrogens is 4. The number of para-hydroxylation sites is 1. The Morgan fingerprint density at radius 3 is 2.93 bits per heavy atom. The van der Waals surface area contributed by atoms with Crippen molar-refractivity contribution in [1.82, 2.24) is 19.5 Å². The Balaban J connectivity index is 1.58. The van der Waals surface area contributed by atoms with E-state index in [1.807, 2.05) is 24.3 Å². The molecule has 0 aliphatic carbocycles. The molecule has 0 N–H and O–H groups in total. The van der Waals surface area contributed by atoms with Crippen molar-refractivity contribution in [3.63, 3.8) is 0 Å². The highest BCUT2D eigenvalue weighted by molar-refractivity contribution is 5.55. The fourth-order valence-corrected chi connectivity index (χ4v) is 3.82. The minimum Gasteiger partial charge on any atom is -0.491 e. The molecule has 8 nitrogen and oxygen atoms in total. The molecular weight excluding hydrogens is 358 g/mol. The zero-order valence-electron chi connectivity index (χ0n) is 15.4. The topological polar surface area (TPSA) is 82.4 Å². The molecule has 142 valence electrons. The molecule has 0 bridgehead atoms. The molecular formula is C20H19N5O3. The van der Waals surface area contributed by atoms with E-state index in [0.717, 1.165) is 11.3 Å². The van der Waals surface area contributed by atoms with Crippen LogP contribution in [-0.2, 0) is 11.8 Å². The second-order valence-corrected chi connectivity index (χ2v) is 6.83. The van der Waals surface area contributed by atoms with Gasteiger partial charge in [0.05, 0.1) is 24.0 Å². The molecule has 0 amide bonds. The van der Waals surface area contributed by atoms with Gasteiger partial charge in [0.1, 0.15) is 24.8 Å². The van der Waals surface area contributed by atoms with Crippen LogP contribution in [0.15, 0.2) is 53.7 Å². The van der Waals surface area contributed by atoms with E-state index >= 15 is 0 Å². The Bertz CT molecular complexity index is 1070. The first-order valence-electron chi connectivity index (χ1n) is 9.17. The molecule has 3 aromatic rings. The molecule has 1 aromatic carbocycles. The summed E-state index contributed by atoms with van der Waals surface area (Å²) in [4.78, 5) is 27.7. The molecule has 1 fully saturated rings. The van der Waals surface area contributed by atoms with E-state index in [4.69, 9.17) is 14.5 Å². The van der Waals surface area contributed by atoms with Gasteiger partial charge in [0, 0.05) is 31.4 Å². The first-order valence-corrected chi connectivity index (χ1v) is 9.17. The zero-order chi connectivity index (χ0) is 19.1. The first kappa shape index (κ1) is 16.9. The summed E-state index contributed by atoms with van der Waals surface area (Å²) in [7, 11) is 1.73. The predicted molar refractivity (Wildman–Crippen MR) is 102 cm³/mol. The predicted octanol–water partition coefficient (Wildman–Crippen LogP) is 1.58. The average molecular weight is 377 g/mol. The number of fused-ring (bicyclic) bond motifs is 3. The average Bonchev–Trinajstić information content (AvgIpc) is 2.75. The van der Waals surface area contributed by atoms with Gasteiger partial charge in [-0.1, -0.05) is 18.2 Å². The Labute approximate surface area is 161 Å². The molecule has 2 aliphatic rings. The second kappa shape index (κ2) is 6.72. The Morgan fingerprint density at radius 1 is 1.18 bits per heavy atom. The third-order valence-electron chi connectivity index (χ3n) is 5.23. The van der Waals surface area contributed by atoms with Crippen LogP contribution in [0.1, 0.15) is 11.7 Å². The van der Waals surface area contributed by atoms with Gasteiger partial charge in [-0.15, -0.1) is 0 Å². The van der Waals surface area contributed by atoms with Crippen LogP contribution in [0.4, 0.5) is 5.95 Å². The van der Waals surface area contributed by atoms with E-state index < -0.39 is 0 Å². The van der Waals surface area contributed by atoms with Crippen LogP contribution in [-0.4, -0.2) is 45.3 Å². The van der Waals surface area contributed by atoms with Crippen molar-refractivity contribution in [3.8, 4) is 17.1 Å². The standard InChI is InChI=1S/C20H19N5O3/c1-24-18(26)10-15(14-6-7-21-12-22-14)23-20(24)25-8-9-27-19-13-4-2-3-5-17(13)28-11-16(19)25/h2-7,10,12,16,19H,8-9,11H2,1H3/t16-,19+/m1/s1. The summed E-state index contributed by atoms with van der Waals surface area (Å²) in [6.45, 7) is 1.64. The minimum atomic E-state index is -0.140. The maximum absolute atomic E-state index is 12.6. The number of hydrogen-bond acceptors (Lipinski definition) is 7. The van der Waals surface area contributed by atoms with E-state index in [9.17, 15) is 4.79 Å². The second-order valence-electron chi connectivity index (χ2n) is 6.83. The molecule has 0 saturated carbocycles. The van der Waals surface area contributed by atoms with Gasteiger partial charge < -0.3 is 14.4 Å². The molecule has 1 saturated heterocycles. The molecule has 5 rings (SSSR count). The summed E-state index contributed by atoms with van der Waals surface area (Å²) in [5.41, 5.74) is 2.03. The number of nitrogens with zero attached hydrogens (tertiary/aromatic N) is 5. The van der Waals surface area contributed by atoms with Gasteiger partial charge in [-0.2, -0.15) is 0 Å². The molecule has 8 heteroatoms. The van der Waals surface area contributed by atoms with E-state index in [1.165, 1.54) is 12.4 Å². The van der Waals surface area contributed by atoms with E-state index in [2.05, 4.69) is 14.9 Å².